The van der Waals surface area contributed by atoms with Gasteiger partial charge in [-0.25, -0.2) is 9.59 Å². The second kappa shape index (κ2) is 6.46. The van der Waals surface area contributed by atoms with Gasteiger partial charge in [0.2, 0.25) is 0 Å². The van der Waals surface area contributed by atoms with Gasteiger partial charge in [-0.1, -0.05) is 18.0 Å². The van der Waals surface area contributed by atoms with Crippen LogP contribution in [0.1, 0.15) is 29.6 Å². The predicted molar refractivity (Wildman–Crippen MR) is 95.5 cm³/mol. The Morgan fingerprint density at radius 2 is 2.08 bits per heavy atom. The monoisotopic (exact) mass is 377 g/mol. The van der Waals surface area contributed by atoms with Gasteiger partial charge in [0.1, 0.15) is 6.04 Å². The molecule has 8 heteroatoms. The van der Waals surface area contributed by atoms with Crippen molar-refractivity contribution in [1.82, 2.24) is 10.2 Å². The smallest absolute Gasteiger partial charge is 0.326 e. The molecule has 1 aliphatic carbocycles. The maximum absolute atomic E-state index is 13.1. The Morgan fingerprint density at radius 1 is 1.27 bits per heavy atom. The Hall–Kier alpha value is -2.28. The zero-order valence-corrected chi connectivity index (χ0v) is 14.9. The molecule has 138 valence electrons. The molecule has 2 heterocycles. The van der Waals surface area contributed by atoms with Crippen LogP contribution in [0.4, 0.5) is 10.5 Å². The number of nitrogens with zero attached hydrogens (tertiary/aromatic N) is 2. The minimum absolute atomic E-state index is 0.0165. The van der Waals surface area contributed by atoms with Crippen LogP contribution in [0.2, 0.25) is 5.02 Å². The average molecular weight is 378 g/mol. The van der Waals surface area contributed by atoms with Crippen LogP contribution in [0.15, 0.2) is 18.2 Å². The lowest BCUT2D eigenvalue weighted by Gasteiger charge is -2.25. The fraction of sp³-hybridized carbons (Fsp3) is 0.500. The van der Waals surface area contributed by atoms with Gasteiger partial charge in [-0.2, -0.15) is 0 Å². The third-order valence-electron chi connectivity index (χ3n) is 5.75. The summed E-state index contributed by atoms with van der Waals surface area (Å²) in [6.07, 6.45) is 2.81. The molecule has 4 rings (SSSR count). The first-order valence-corrected chi connectivity index (χ1v) is 9.24. The number of anilines is 1. The van der Waals surface area contributed by atoms with E-state index >= 15 is 0 Å². The first-order valence-electron chi connectivity index (χ1n) is 8.86. The van der Waals surface area contributed by atoms with Gasteiger partial charge in [-0.05, 0) is 42.9 Å². The summed E-state index contributed by atoms with van der Waals surface area (Å²) in [7, 11) is 0. The third kappa shape index (κ3) is 2.70. The van der Waals surface area contributed by atoms with E-state index in [-0.39, 0.29) is 34.4 Å². The number of rotatable bonds is 3. The molecule has 2 saturated heterocycles. The number of nitrogens with one attached hydrogen (secondary N) is 1. The number of urea groups is 1. The Kier molecular flexibility index (Phi) is 4.26. The molecular weight excluding hydrogens is 358 g/mol. The van der Waals surface area contributed by atoms with Crippen LogP contribution in [0.5, 0.6) is 0 Å². The van der Waals surface area contributed by atoms with Crippen LogP contribution < -0.4 is 10.2 Å². The normalized spacial score (nSPS) is 27.6. The van der Waals surface area contributed by atoms with Crippen LogP contribution in [-0.2, 0) is 4.79 Å². The van der Waals surface area contributed by atoms with E-state index in [2.05, 4.69) is 5.32 Å². The quantitative estimate of drug-likeness (QED) is 0.844. The lowest BCUT2D eigenvalue weighted by Crippen LogP contribution is -2.43. The summed E-state index contributed by atoms with van der Waals surface area (Å²) in [5, 5.41) is 12.6. The van der Waals surface area contributed by atoms with E-state index in [0.717, 1.165) is 19.3 Å². The molecule has 26 heavy (non-hydrogen) atoms. The van der Waals surface area contributed by atoms with E-state index in [4.69, 9.17) is 11.6 Å². The summed E-state index contributed by atoms with van der Waals surface area (Å²) in [5.41, 5.74) is 0.828. The average Bonchev–Trinajstić information content (AvgIpc) is 3.29. The highest BCUT2D eigenvalue weighted by Gasteiger charge is 2.49. The Balaban J connectivity index is 1.65. The molecule has 2 aliphatic heterocycles. The Morgan fingerprint density at radius 3 is 2.77 bits per heavy atom. The number of hydrogen-bond donors (Lipinski definition) is 2. The maximum Gasteiger partial charge on any atom is 0.326 e. The number of carboxylic acids is 1. The minimum atomic E-state index is -0.959. The molecule has 1 aromatic carbocycles. The number of carboxylic acid groups (broad SMARTS) is 1. The molecule has 3 unspecified atom stereocenters. The van der Waals surface area contributed by atoms with Crippen molar-refractivity contribution < 1.29 is 19.5 Å². The summed E-state index contributed by atoms with van der Waals surface area (Å²) in [6, 6.07) is 3.84. The number of carbonyl (C=O) groups excluding carboxylic acids is 2. The molecule has 3 amide bonds. The highest BCUT2D eigenvalue weighted by Crippen LogP contribution is 2.43. The van der Waals surface area contributed by atoms with E-state index in [9.17, 15) is 19.5 Å². The highest BCUT2D eigenvalue weighted by molar-refractivity contribution is 6.34. The standard InChI is InChI=1S/C18H20ClN3O4/c19-14-5-4-11(21-7-6-20-18(21)26)8-13(14)16(23)22-9-10-2-1-3-12(10)15(22)17(24)25/h4-5,8,10,12,15H,1-3,6-7,9H2,(H,20,26)(H,24,25). The van der Waals surface area contributed by atoms with E-state index < -0.39 is 12.0 Å². The molecule has 3 atom stereocenters. The molecular formula is C18H20ClN3O4. The van der Waals surface area contributed by atoms with Gasteiger partial charge in [0, 0.05) is 25.3 Å². The van der Waals surface area contributed by atoms with Crippen molar-refractivity contribution in [2.45, 2.75) is 25.3 Å². The molecule has 7 nitrogen and oxygen atoms in total. The first-order chi connectivity index (χ1) is 12.5. The Labute approximate surface area is 155 Å². The number of halogens is 1. The number of benzene rings is 1. The second-order valence-electron chi connectivity index (χ2n) is 7.14. The highest BCUT2D eigenvalue weighted by atomic mass is 35.5. The lowest BCUT2D eigenvalue weighted by molar-refractivity contribution is -0.142. The summed E-state index contributed by atoms with van der Waals surface area (Å²) in [6.45, 7) is 1.51. The van der Waals surface area contributed by atoms with Crippen molar-refractivity contribution in [2.24, 2.45) is 11.8 Å². The van der Waals surface area contributed by atoms with Crippen molar-refractivity contribution in [1.29, 1.82) is 0 Å². The van der Waals surface area contributed by atoms with Gasteiger partial charge in [0.05, 0.1) is 10.6 Å². The SMILES string of the molecule is O=C(O)C1C2CCCC2CN1C(=O)c1cc(N2CCNC2=O)ccc1Cl. The van der Waals surface area contributed by atoms with Gasteiger partial charge in [0.15, 0.2) is 0 Å². The van der Waals surface area contributed by atoms with Crippen LogP contribution in [-0.4, -0.2) is 53.6 Å². The molecule has 0 bridgehead atoms. The number of fused-ring (bicyclic) bond motifs is 1. The Bertz CT molecular complexity index is 784. The zero-order chi connectivity index (χ0) is 18.4. The van der Waals surface area contributed by atoms with Crippen molar-refractivity contribution in [3.8, 4) is 0 Å². The van der Waals surface area contributed by atoms with Gasteiger partial charge >= 0.3 is 12.0 Å². The molecule has 1 saturated carbocycles. The zero-order valence-electron chi connectivity index (χ0n) is 14.2. The summed E-state index contributed by atoms with van der Waals surface area (Å²) in [4.78, 5) is 39.8. The lowest BCUT2D eigenvalue weighted by atomic mass is 9.94. The van der Waals surface area contributed by atoms with Crippen LogP contribution in [0.25, 0.3) is 0 Å². The summed E-state index contributed by atoms with van der Waals surface area (Å²) < 4.78 is 0. The van der Waals surface area contributed by atoms with E-state index in [1.807, 2.05) is 0 Å². The van der Waals surface area contributed by atoms with Gasteiger partial charge in [0.25, 0.3) is 5.91 Å². The van der Waals surface area contributed by atoms with Crippen molar-refractivity contribution >= 4 is 35.2 Å². The van der Waals surface area contributed by atoms with Gasteiger partial charge in [-0.3, -0.25) is 9.69 Å². The third-order valence-corrected chi connectivity index (χ3v) is 6.08. The second-order valence-corrected chi connectivity index (χ2v) is 7.55. The molecule has 0 radical (unpaired) electrons. The van der Waals surface area contributed by atoms with Crippen LogP contribution in [0, 0.1) is 11.8 Å². The maximum atomic E-state index is 13.1. The fourth-order valence-corrected chi connectivity index (χ4v) is 4.75. The van der Waals surface area contributed by atoms with Crippen molar-refractivity contribution in [2.75, 3.05) is 24.5 Å². The fourth-order valence-electron chi connectivity index (χ4n) is 4.55. The number of hydrogen-bond acceptors (Lipinski definition) is 3. The summed E-state index contributed by atoms with van der Waals surface area (Å²) in [5.74, 6) is -1.08. The number of aliphatic carboxylic acids is 1. The molecule has 1 aromatic rings. The van der Waals surface area contributed by atoms with Crippen LogP contribution >= 0.6 is 11.6 Å². The molecule has 0 spiro atoms. The summed E-state index contributed by atoms with van der Waals surface area (Å²) >= 11 is 6.25. The first kappa shape index (κ1) is 17.1. The predicted octanol–water partition coefficient (Wildman–Crippen LogP) is 2.19. The van der Waals surface area contributed by atoms with Crippen molar-refractivity contribution in [3.05, 3.63) is 28.8 Å². The number of carbonyl (C=O) groups is 3. The topological polar surface area (TPSA) is 89.9 Å². The van der Waals surface area contributed by atoms with Crippen molar-refractivity contribution in [3.63, 3.8) is 0 Å². The largest absolute Gasteiger partial charge is 0.480 e. The molecule has 2 N–H and O–H groups in total. The molecule has 3 aliphatic rings. The number of likely N-dealkylation sites (tertiary alicyclic amines) is 1. The van der Waals surface area contributed by atoms with Gasteiger partial charge in [-0.15, -0.1) is 0 Å². The molecule has 3 fully saturated rings. The van der Waals surface area contributed by atoms with Crippen LogP contribution in [0.3, 0.4) is 0 Å². The van der Waals surface area contributed by atoms with E-state index in [0.29, 0.717) is 25.3 Å². The van der Waals surface area contributed by atoms with E-state index in [1.54, 1.807) is 23.1 Å². The number of amides is 3. The molecule has 0 aromatic heterocycles. The van der Waals surface area contributed by atoms with E-state index in [1.165, 1.54) is 4.90 Å². The minimum Gasteiger partial charge on any atom is -0.480 e. The van der Waals surface area contributed by atoms with Gasteiger partial charge < -0.3 is 15.3 Å².